The maximum Gasteiger partial charge on any atom is 0.488 e. The van der Waals surface area contributed by atoms with Gasteiger partial charge >= 0.3 is 7.12 Å². The van der Waals surface area contributed by atoms with Crippen LogP contribution in [0.15, 0.2) is 42.5 Å². The number of hydrogen-bond donors (Lipinski definition) is 2. The van der Waals surface area contributed by atoms with Crippen molar-refractivity contribution in [2.24, 2.45) is 0 Å². The van der Waals surface area contributed by atoms with Crippen LogP contribution in [0.3, 0.4) is 0 Å². The highest BCUT2D eigenvalue weighted by Crippen LogP contribution is 2.29. The zero-order valence-electron chi connectivity index (χ0n) is 11.0. The maximum absolute atomic E-state index is 13.4. The molecule has 0 unspecified atom stereocenters. The molecule has 3 rings (SSSR count). The third-order valence-corrected chi connectivity index (χ3v) is 3.73. The van der Waals surface area contributed by atoms with Crippen molar-refractivity contribution >= 4 is 18.3 Å². The molecule has 0 atom stereocenters. The van der Waals surface area contributed by atoms with E-state index in [2.05, 4.69) is 4.90 Å². The Balaban J connectivity index is 1.89. The summed E-state index contributed by atoms with van der Waals surface area (Å²) < 4.78 is 13.4. The fraction of sp³-hybridized carbons (Fsp3) is 0.200. The average molecular weight is 271 g/mol. The fourth-order valence-electron chi connectivity index (χ4n) is 2.72. The molecule has 0 fully saturated rings. The molecule has 5 heteroatoms. The second-order valence-electron chi connectivity index (χ2n) is 5.02. The number of nitrogens with zero attached hydrogens (tertiary/aromatic N) is 1. The molecule has 2 aromatic rings. The minimum absolute atomic E-state index is 0.244. The van der Waals surface area contributed by atoms with Gasteiger partial charge in [-0.25, -0.2) is 4.39 Å². The predicted octanol–water partition coefficient (Wildman–Crippen LogP) is 1.07. The molecule has 1 heterocycles. The Kier molecular flexibility index (Phi) is 3.46. The van der Waals surface area contributed by atoms with Crippen LogP contribution in [0.5, 0.6) is 0 Å². The van der Waals surface area contributed by atoms with Gasteiger partial charge in [-0.15, -0.1) is 0 Å². The largest absolute Gasteiger partial charge is 0.488 e. The van der Waals surface area contributed by atoms with Crippen LogP contribution in [-0.2, 0) is 13.0 Å². The summed E-state index contributed by atoms with van der Waals surface area (Å²) in [6.45, 7) is 1.36. The predicted molar refractivity (Wildman–Crippen MR) is 77.4 cm³/mol. The number of benzene rings is 2. The highest BCUT2D eigenvalue weighted by molar-refractivity contribution is 6.59. The summed E-state index contributed by atoms with van der Waals surface area (Å²) in [6.07, 6.45) is 0.888. The van der Waals surface area contributed by atoms with Gasteiger partial charge in [0, 0.05) is 18.8 Å². The topological polar surface area (TPSA) is 43.7 Å². The molecule has 102 valence electrons. The van der Waals surface area contributed by atoms with E-state index in [0.717, 1.165) is 29.8 Å². The Morgan fingerprint density at radius 1 is 1.15 bits per heavy atom. The molecule has 2 N–H and O–H groups in total. The molecule has 1 aliphatic rings. The highest BCUT2D eigenvalue weighted by Gasteiger charge is 2.22. The Hall–Kier alpha value is -1.85. The fourth-order valence-corrected chi connectivity index (χ4v) is 2.72. The number of hydrogen-bond acceptors (Lipinski definition) is 3. The third kappa shape index (κ3) is 2.42. The van der Waals surface area contributed by atoms with E-state index in [9.17, 15) is 14.4 Å². The van der Waals surface area contributed by atoms with E-state index < -0.39 is 7.12 Å². The molecule has 0 saturated carbocycles. The van der Waals surface area contributed by atoms with Crippen molar-refractivity contribution in [3.8, 4) is 0 Å². The monoisotopic (exact) mass is 271 g/mol. The molecule has 0 spiro atoms. The van der Waals surface area contributed by atoms with Crippen LogP contribution < -0.4 is 10.4 Å². The Labute approximate surface area is 117 Å². The van der Waals surface area contributed by atoms with E-state index in [4.69, 9.17) is 0 Å². The summed E-state index contributed by atoms with van der Waals surface area (Å²) in [4.78, 5) is 2.07. The molecule has 0 bridgehead atoms. The van der Waals surface area contributed by atoms with Crippen molar-refractivity contribution in [2.75, 3.05) is 11.4 Å². The minimum atomic E-state index is -1.49. The van der Waals surface area contributed by atoms with E-state index in [1.54, 1.807) is 18.2 Å². The van der Waals surface area contributed by atoms with Crippen LogP contribution in [0.1, 0.15) is 11.1 Å². The van der Waals surface area contributed by atoms with Gasteiger partial charge in [0.25, 0.3) is 0 Å². The van der Waals surface area contributed by atoms with Gasteiger partial charge in [-0.05, 0) is 35.1 Å². The van der Waals surface area contributed by atoms with Crippen molar-refractivity contribution in [3.63, 3.8) is 0 Å². The summed E-state index contributed by atoms with van der Waals surface area (Å²) in [7, 11) is -1.49. The van der Waals surface area contributed by atoms with E-state index in [-0.39, 0.29) is 5.82 Å². The summed E-state index contributed by atoms with van der Waals surface area (Å²) in [6, 6.07) is 12.0. The van der Waals surface area contributed by atoms with Crippen molar-refractivity contribution in [1.29, 1.82) is 0 Å². The quantitative estimate of drug-likeness (QED) is 0.821. The number of halogens is 1. The van der Waals surface area contributed by atoms with Gasteiger partial charge in [-0.1, -0.05) is 30.3 Å². The molecule has 0 aliphatic carbocycles. The normalized spacial score (nSPS) is 13.4. The molecule has 0 radical (unpaired) electrons. The van der Waals surface area contributed by atoms with E-state index >= 15 is 0 Å². The van der Waals surface area contributed by atoms with Gasteiger partial charge in [0.2, 0.25) is 0 Å². The summed E-state index contributed by atoms with van der Waals surface area (Å²) >= 11 is 0. The van der Waals surface area contributed by atoms with E-state index in [0.29, 0.717) is 12.0 Å². The van der Waals surface area contributed by atoms with Gasteiger partial charge in [0.1, 0.15) is 5.82 Å². The van der Waals surface area contributed by atoms with Crippen molar-refractivity contribution in [2.45, 2.75) is 13.0 Å². The number of rotatable bonds is 3. The van der Waals surface area contributed by atoms with Gasteiger partial charge < -0.3 is 14.9 Å². The Morgan fingerprint density at radius 2 is 1.95 bits per heavy atom. The first-order valence-corrected chi connectivity index (χ1v) is 6.62. The zero-order valence-corrected chi connectivity index (χ0v) is 11.0. The van der Waals surface area contributed by atoms with Gasteiger partial charge in [-0.3, -0.25) is 0 Å². The van der Waals surface area contributed by atoms with E-state index in [1.165, 1.54) is 6.07 Å². The van der Waals surface area contributed by atoms with E-state index in [1.807, 2.05) is 18.2 Å². The van der Waals surface area contributed by atoms with Crippen LogP contribution >= 0.6 is 0 Å². The van der Waals surface area contributed by atoms with Gasteiger partial charge in [0.15, 0.2) is 0 Å². The first-order valence-electron chi connectivity index (χ1n) is 6.62. The molecule has 2 aromatic carbocycles. The Bertz CT molecular complexity index is 633. The molecular weight excluding hydrogens is 256 g/mol. The van der Waals surface area contributed by atoms with Crippen LogP contribution in [0.4, 0.5) is 10.1 Å². The number of anilines is 1. The van der Waals surface area contributed by atoms with Crippen molar-refractivity contribution in [3.05, 3.63) is 59.4 Å². The number of fused-ring (bicyclic) bond motifs is 1. The van der Waals surface area contributed by atoms with Crippen molar-refractivity contribution in [1.82, 2.24) is 0 Å². The highest BCUT2D eigenvalue weighted by atomic mass is 19.1. The third-order valence-electron chi connectivity index (χ3n) is 3.73. The molecule has 20 heavy (non-hydrogen) atoms. The molecular formula is C15H15BFNO2. The summed E-state index contributed by atoms with van der Waals surface area (Å²) in [5, 5.41) is 18.8. The first-order chi connectivity index (χ1) is 9.65. The second-order valence-corrected chi connectivity index (χ2v) is 5.02. The lowest BCUT2D eigenvalue weighted by Crippen LogP contribution is -2.35. The summed E-state index contributed by atoms with van der Waals surface area (Å²) in [5.74, 6) is -0.244. The van der Waals surface area contributed by atoms with Crippen LogP contribution in [0.25, 0.3) is 0 Å². The zero-order chi connectivity index (χ0) is 14.1. The van der Waals surface area contributed by atoms with Crippen molar-refractivity contribution < 1.29 is 14.4 Å². The lowest BCUT2D eigenvalue weighted by atomic mass is 9.77. The lowest BCUT2D eigenvalue weighted by Gasteiger charge is -2.21. The second kappa shape index (κ2) is 5.27. The maximum atomic E-state index is 13.4. The van der Waals surface area contributed by atoms with Gasteiger partial charge in [0.05, 0.1) is 0 Å². The Morgan fingerprint density at radius 3 is 2.75 bits per heavy atom. The molecule has 0 aromatic heterocycles. The average Bonchev–Trinajstić information content (AvgIpc) is 2.82. The van der Waals surface area contributed by atoms with Gasteiger partial charge in [-0.2, -0.15) is 0 Å². The first kappa shape index (κ1) is 13.2. The lowest BCUT2D eigenvalue weighted by molar-refractivity contribution is 0.425. The smallest absolute Gasteiger partial charge is 0.423 e. The molecule has 3 nitrogen and oxygen atoms in total. The summed E-state index contributed by atoms with van der Waals surface area (Å²) in [5.41, 5.74) is 3.37. The molecule has 0 amide bonds. The molecule has 1 aliphatic heterocycles. The van der Waals surface area contributed by atoms with Crippen LogP contribution in [0, 0.1) is 5.82 Å². The van der Waals surface area contributed by atoms with Crippen LogP contribution in [-0.4, -0.2) is 23.7 Å². The van der Waals surface area contributed by atoms with Crippen LogP contribution in [0.2, 0.25) is 0 Å². The SMILES string of the molecule is OB(O)c1ccccc1CN1CCc2ccc(F)cc21. The standard InChI is InChI=1S/C15H15BFNO2/c17-13-6-5-11-7-8-18(15(11)9-13)10-12-3-1-2-4-14(12)16(19)20/h1-6,9,19-20H,7-8,10H2. The minimum Gasteiger partial charge on any atom is -0.423 e. The molecule has 0 saturated heterocycles.